The Bertz CT molecular complexity index is 1500. The fraction of sp³-hybridized carbons (Fsp3) is 0.0714. The minimum atomic E-state index is -0.418. The molecule has 0 aliphatic carbocycles. The zero-order valence-corrected chi connectivity index (χ0v) is 18.7. The number of nitro benzene ring substituents is 1. The molecular weight excluding hydrogens is 440 g/mol. The maximum Gasteiger partial charge on any atom is 0.269 e. The van der Waals surface area contributed by atoms with Crippen molar-refractivity contribution in [3.05, 3.63) is 125 Å². The number of nitrogens with one attached hydrogen (secondary N) is 2. The first-order chi connectivity index (χ1) is 17.1. The fourth-order valence-electron chi connectivity index (χ4n) is 4.31. The zero-order valence-electron chi connectivity index (χ0n) is 18.7. The quantitative estimate of drug-likeness (QED) is 0.219. The molecule has 2 aromatic heterocycles. The van der Waals surface area contributed by atoms with E-state index in [1.165, 1.54) is 6.07 Å². The number of pyridine rings is 1. The Hall–Kier alpha value is -4.78. The van der Waals surface area contributed by atoms with E-state index in [1.54, 1.807) is 18.3 Å². The highest BCUT2D eigenvalue weighted by atomic mass is 16.6. The van der Waals surface area contributed by atoms with Gasteiger partial charge in [-0.3, -0.25) is 19.9 Å². The summed E-state index contributed by atoms with van der Waals surface area (Å²) in [4.78, 5) is 31.8. The summed E-state index contributed by atoms with van der Waals surface area (Å²) in [6.07, 6.45) is 3.76. The molecule has 0 aliphatic rings. The van der Waals surface area contributed by atoms with Crippen molar-refractivity contribution < 1.29 is 9.72 Å². The summed E-state index contributed by atoms with van der Waals surface area (Å²) >= 11 is 0. The lowest BCUT2D eigenvalue weighted by Gasteiger charge is -2.17. The predicted molar refractivity (Wildman–Crippen MR) is 136 cm³/mol. The number of hydrogen-bond donors (Lipinski definition) is 2. The van der Waals surface area contributed by atoms with Crippen molar-refractivity contribution in [3.8, 4) is 11.3 Å². The molecule has 0 radical (unpaired) electrons. The summed E-state index contributed by atoms with van der Waals surface area (Å²) in [7, 11) is 0. The Morgan fingerprint density at radius 1 is 0.971 bits per heavy atom. The van der Waals surface area contributed by atoms with Crippen molar-refractivity contribution >= 4 is 28.2 Å². The number of hydrogen-bond acceptors (Lipinski definition) is 4. The number of anilines is 1. The molecule has 0 saturated carbocycles. The van der Waals surface area contributed by atoms with Crippen LogP contribution in [0.1, 0.15) is 23.5 Å². The second-order valence-corrected chi connectivity index (χ2v) is 8.24. The van der Waals surface area contributed by atoms with Gasteiger partial charge in [-0.2, -0.15) is 0 Å². The number of non-ortho nitro benzene ring substituents is 1. The normalized spacial score (nSPS) is 11.8. The number of benzene rings is 3. The van der Waals surface area contributed by atoms with E-state index in [0.717, 1.165) is 27.7 Å². The number of amides is 1. The Morgan fingerprint density at radius 2 is 1.80 bits per heavy atom. The fourth-order valence-corrected chi connectivity index (χ4v) is 4.31. The maximum atomic E-state index is 13.0. The van der Waals surface area contributed by atoms with Crippen molar-refractivity contribution in [2.24, 2.45) is 0 Å². The number of nitro groups is 1. The lowest BCUT2D eigenvalue weighted by atomic mass is 9.87. The van der Waals surface area contributed by atoms with Gasteiger partial charge in [-0.15, -0.1) is 0 Å². The summed E-state index contributed by atoms with van der Waals surface area (Å²) in [5.41, 5.74) is 5.04. The molecule has 1 atom stereocenters. The monoisotopic (exact) mass is 462 g/mol. The average molecular weight is 463 g/mol. The van der Waals surface area contributed by atoms with E-state index in [9.17, 15) is 14.9 Å². The molecule has 0 spiro atoms. The third-order valence-electron chi connectivity index (χ3n) is 5.98. The smallest absolute Gasteiger partial charge is 0.269 e. The molecule has 35 heavy (non-hydrogen) atoms. The molecule has 1 unspecified atom stereocenters. The molecule has 2 heterocycles. The highest BCUT2D eigenvalue weighted by Gasteiger charge is 2.23. The molecule has 7 nitrogen and oxygen atoms in total. The molecule has 0 aliphatic heterocycles. The minimum Gasteiger partial charge on any atom is -0.361 e. The van der Waals surface area contributed by atoms with Crippen LogP contribution in [-0.2, 0) is 4.79 Å². The summed E-state index contributed by atoms with van der Waals surface area (Å²) < 4.78 is 0. The molecule has 2 N–H and O–H groups in total. The number of carbonyl (C=O) groups excluding carboxylic acids is 1. The van der Waals surface area contributed by atoms with Gasteiger partial charge in [0.2, 0.25) is 5.91 Å². The number of aromatic nitrogens is 2. The number of rotatable bonds is 7. The second-order valence-electron chi connectivity index (χ2n) is 8.24. The summed E-state index contributed by atoms with van der Waals surface area (Å²) in [6.45, 7) is 0. The van der Waals surface area contributed by atoms with Crippen molar-refractivity contribution in [1.82, 2.24) is 9.97 Å². The van der Waals surface area contributed by atoms with Crippen LogP contribution in [-0.4, -0.2) is 20.8 Å². The van der Waals surface area contributed by atoms with Crippen LogP contribution in [0, 0.1) is 10.1 Å². The topological polar surface area (TPSA) is 101 Å². The number of carbonyl (C=O) groups is 1. The summed E-state index contributed by atoms with van der Waals surface area (Å²) in [6, 6.07) is 27.5. The third kappa shape index (κ3) is 4.79. The summed E-state index contributed by atoms with van der Waals surface area (Å²) in [5.74, 6) is -0.555. The highest BCUT2D eigenvalue weighted by molar-refractivity contribution is 5.93. The molecule has 3 aromatic carbocycles. The van der Waals surface area contributed by atoms with Crippen LogP contribution in [0.25, 0.3) is 22.2 Å². The van der Waals surface area contributed by atoms with Gasteiger partial charge in [0.25, 0.3) is 5.69 Å². The van der Waals surface area contributed by atoms with Crippen molar-refractivity contribution in [2.75, 3.05) is 5.32 Å². The van der Waals surface area contributed by atoms with Crippen molar-refractivity contribution in [2.45, 2.75) is 12.3 Å². The number of H-pyrrole nitrogens is 1. The van der Waals surface area contributed by atoms with Gasteiger partial charge in [0.1, 0.15) is 0 Å². The summed E-state index contributed by atoms with van der Waals surface area (Å²) in [5, 5.41) is 15.3. The second kappa shape index (κ2) is 9.61. The molecule has 1 amide bonds. The van der Waals surface area contributed by atoms with Crippen LogP contribution in [0.2, 0.25) is 0 Å². The first kappa shape index (κ1) is 22.0. The number of para-hydroxylation sites is 1. The third-order valence-corrected chi connectivity index (χ3v) is 5.98. The van der Waals surface area contributed by atoms with E-state index in [0.29, 0.717) is 11.3 Å². The Morgan fingerprint density at radius 3 is 2.57 bits per heavy atom. The van der Waals surface area contributed by atoms with Crippen LogP contribution >= 0.6 is 0 Å². The van der Waals surface area contributed by atoms with E-state index in [2.05, 4.69) is 15.3 Å². The van der Waals surface area contributed by atoms with E-state index in [4.69, 9.17) is 0 Å². The Kier molecular flexibility index (Phi) is 6.05. The van der Waals surface area contributed by atoms with E-state index in [1.807, 2.05) is 79.0 Å². The molecule has 0 saturated heterocycles. The zero-order chi connectivity index (χ0) is 24.2. The Balaban J connectivity index is 1.53. The van der Waals surface area contributed by atoms with Crippen LogP contribution in [0.5, 0.6) is 0 Å². The molecule has 0 fully saturated rings. The largest absolute Gasteiger partial charge is 0.361 e. The molecule has 5 rings (SSSR count). The molecule has 5 aromatic rings. The van der Waals surface area contributed by atoms with Crippen LogP contribution < -0.4 is 5.32 Å². The van der Waals surface area contributed by atoms with Crippen LogP contribution in [0.15, 0.2) is 103 Å². The SMILES string of the molecule is O=C(CC(c1cccc([N+](=O)[O-])c1)c1c[nH]c2cc(-c3ccccn3)ccc12)Nc1ccccc1. The van der Waals surface area contributed by atoms with Crippen LogP contribution in [0.3, 0.4) is 0 Å². The average Bonchev–Trinajstić information content (AvgIpc) is 3.31. The van der Waals surface area contributed by atoms with Gasteiger partial charge in [0.05, 0.1) is 10.6 Å². The van der Waals surface area contributed by atoms with Gasteiger partial charge in [0.15, 0.2) is 0 Å². The first-order valence-electron chi connectivity index (χ1n) is 11.2. The van der Waals surface area contributed by atoms with Gasteiger partial charge in [0, 0.05) is 59.0 Å². The first-order valence-corrected chi connectivity index (χ1v) is 11.2. The van der Waals surface area contributed by atoms with Crippen molar-refractivity contribution in [1.29, 1.82) is 0 Å². The Labute approximate surface area is 201 Å². The van der Waals surface area contributed by atoms with Gasteiger partial charge in [-0.05, 0) is 41.5 Å². The lowest BCUT2D eigenvalue weighted by molar-refractivity contribution is -0.384. The number of aromatic amines is 1. The van der Waals surface area contributed by atoms with Crippen molar-refractivity contribution in [3.63, 3.8) is 0 Å². The van der Waals surface area contributed by atoms with E-state index in [-0.39, 0.29) is 23.9 Å². The predicted octanol–water partition coefficient (Wildman–Crippen LogP) is 6.30. The van der Waals surface area contributed by atoms with Gasteiger partial charge in [-0.1, -0.05) is 48.5 Å². The van der Waals surface area contributed by atoms with E-state index >= 15 is 0 Å². The van der Waals surface area contributed by atoms with Gasteiger partial charge < -0.3 is 10.3 Å². The maximum absolute atomic E-state index is 13.0. The lowest BCUT2D eigenvalue weighted by Crippen LogP contribution is -2.16. The molecular formula is C28H22N4O3. The molecule has 0 bridgehead atoms. The molecule has 172 valence electrons. The number of fused-ring (bicyclic) bond motifs is 1. The highest BCUT2D eigenvalue weighted by Crippen LogP contribution is 2.36. The van der Waals surface area contributed by atoms with E-state index < -0.39 is 4.92 Å². The van der Waals surface area contributed by atoms with Gasteiger partial charge >= 0.3 is 0 Å². The standard InChI is InChI=1S/C28H22N4O3/c33-28(31-21-8-2-1-3-9-21)17-24(19-7-6-10-22(15-19)32(34)35)25-18-30-27-16-20(12-13-23(25)27)26-11-4-5-14-29-26/h1-16,18,24,30H,17H2,(H,31,33). The number of nitrogens with zero attached hydrogens (tertiary/aromatic N) is 2. The van der Waals surface area contributed by atoms with Gasteiger partial charge in [-0.25, -0.2) is 0 Å². The molecule has 7 heteroatoms. The van der Waals surface area contributed by atoms with Crippen LogP contribution in [0.4, 0.5) is 11.4 Å². The minimum absolute atomic E-state index is 0.00625.